The Morgan fingerprint density at radius 3 is 2.77 bits per heavy atom. The first-order chi connectivity index (χ1) is 10.6. The van der Waals surface area contributed by atoms with Gasteiger partial charge >= 0.3 is 0 Å². The Bertz CT molecular complexity index is 539. The number of likely N-dealkylation sites (tertiary alicyclic amines) is 1. The summed E-state index contributed by atoms with van der Waals surface area (Å²) in [5.41, 5.74) is 0.996. The Kier molecular flexibility index (Phi) is 5.75. The molecule has 0 aromatic heterocycles. The second kappa shape index (κ2) is 7.78. The van der Waals surface area contributed by atoms with Gasteiger partial charge in [-0.2, -0.15) is 0 Å². The number of benzene rings is 1. The van der Waals surface area contributed by atoms with Gasteiger partial charge in [-0.15, -0.1) is 0 Å². The van der Waals surface area contributed by atoms with Crippen molar-refractivity contribution in [3.63, 3.8) is 0 Å². The Morgan fingerprint density at radius 1 is 1.36 bits per heavy atom. The standard InChI is InChI=1S/C18H24N2O2/c1-3-14(2)18(22)19-16-10-7-13-20(16)17(21)12-11-15-8-5-4-6-9-15/h4-6,8-9,11-12,14,16H,3,7,10,13H2,1-2H3,(H,19,22)/b12-11+/t14-,16-/m0/s1. The van der Waals surface area contributed by atoms with Crippen LogP contribution in [0.5, 0.6) is 0 Å². The molecule has 0 radical (unpaired) electrons. The van der Waals surface area contributed by atoms with E-state index in [1.54, 1.807) is 11.0 Å². The highest BCUT2D eigenvalue weighted by Crippen LogP contribution is 2.17. The molecule has 2 amide bonds. The summed E-state index contributed by atoms with van der Waals surface area (Å²) in [4.78, 5) is 26.1. The van der Waals surface area contributed by atoms with Crippen LogP contribution in [0.3, 0.4) is 0 Å². The van der Waals surface area contributed by atoms with E-state index in [-0.39, 0.29) is 23.9 Å². The summed E-state index contributed by atoms with van der Waals surface area (Å²) in [5.74, 6) is -0.0348. The fourth-order valence-corrected chi connectivity index (χ4v) is 2.50. The summed E-state index contributed by atoms with van der Waals surface area (Å²) in [6, 6.07) is 9.73. The highest BCUT2D eigenvalue weighted by molar-refractivity contribution is 5.92. The van der Waals surface area contributed by atoms with Crippen molar-refractivity contribution in [2.45, 2.75) is 39.3 Å². The normalized spacial score (nSPS) is 19.4. The van der Waals surface area contributed by atoms with Crippen molar-refractivity contribution in [1.82, 2.24) is 10.2 Å². The van der Waals surface area contributed by atoms with Gasteiger partial charge in [0, 0.05) is 18.5 Å². The van der Waals surface area contributed by atoms with E-state index in [0.29, 0.717) is 6.54 Å². The molecule has 118 valence electrons. The Hall–Kier alpha value is -2.10. The van der Waals surface area contributed by atoms with Gasteiger partial charge < -0.3 is 10.2 Å². The van der Waals surface area contributed by atoms with E-state index in [0.717, 1.165) is 24.8 Å². The summed E-state index contributed by atoms with van der Waals surface area (Å²) in [5, 5.41) is 2.99. The number of carbonyl (C=O) groups is 2. The van der Waals surface area contributed by atoms with Crippen molar-refractivity contribution in [3.05, 3.63) is 42.0 Å². The van der Waals surface area contributed by atoms with Gasteiger partial charge in [0.2, 0.25) is 11.8 Å². The topological polar surface area (TPSA) is 49.4 Å². The molecule has 0 bridgehead atoms. The minimum Gasteiger partial charge on any atom is -0.336 e. The minimum atomic E-state index is -0.172. The van der Waals surface area contributed by atoms with Gasteiger partial charge in [0.25, 0.3) is 0 Å². The summed E-state index contributed by atoms with van der Waals surface area (Å²) in [7, 11) is 0. The van der Waals surface area contributed by atoms with Crippen LogP contribution in [0.4, 0.5) is 0 Å². The summed E-state index contributed by atoms with van der Waals surface area (Å²) in [6.45, 7) is 4.60. The van der Waals surface area contributed by atoms with Crippen LogP contribution in [0.15, 0.2) is 36.4 Å². The largest absolute Gasteiger partial charge is 0.336 e. The SMILES string of the molecule is CC[C@H](C)C(=O)N[C@@H]1CCCN1C(=O)/C=C/c1ccccc1. The van der Waals surface area contributed by atoms with E-state index in [1.165, 1.54) is 0 Å². The van der Waals surface area contributed by atoms with E-state index in [1.807, 2.05) is 50.3 Å². The zero-order chi connectivity index (χ0) is 15.9. The molecule has 4 heteroatoms. The van der Waals surface area contributed by atoms with E-state index in [2.05, 4.69) is 5.32 Å². The van der Waals surface area contributed by atoms with Crippen LogP contribution in [0.1, 0.15) is 38.7 Å². The molecule has 1 fully saturated rings. The number of amides is 2. The molecular weight excluding hydrogens is 276 g/mol. The second-order valence-corrected chi connectivity index (χ2v) is 5.75. The number of hydrogen-bond donors (Lipinski definition) is 1. The van der Waals surface area contributed by atoms with E-state index in [4.69, 9.17) is 0 Å². The first-order valence-electron chi connectivity index (χ1n) is 7.96. The lowest BCUT2D eigenvalue weighted by Gasteiger charge is -2.25. The van der Waals surface area contributed by atoms with Gasteiger partial charge in [0.15, 0.2) is 0 Å². The van der Waals surface area contributed by atoms with E-state index in [9.17, 15) is 9.59 Å². The van der Waals surface area contributed by atoms with Crippen molar-refractivity contribution >= 4 is 17.9 Å². The van der Waals surface area contributed by atoms with Gasteiger partial charge in [0.05, 0.1) is 0 Å². The van der Waals surface area contributed by atoms with Crippen molar-refractivity contribution in [3.8, 4) is 0 Å². The molecule has 2 atom stereocenters. The van der Waals surface area contributed by atoms with Gasteiger partial charge in [0.1, 0.15) is 6.17 Å². The van der Waals surface area contributed by atoms with Gasteiger partial charge in [-0.25, -0.2) is 0 Å². The number of nitrogens with one attached hydrogen (secondary N) is 1. The van der Waals surface area contributed by atoms with Gasteiger partial charge in [-0.3, -0.25) is 9.59 Å². The zero-order valence-corrected chi connectivity index (χ0v) is 13.3. The molecule has 1 heterocycles. The van der Waals surface area contributed by atoms with Crippen molar-refractivity contribution in [2.75, 3.05) is 6.54 Å². The number of rotatable bonds is 5. The number of carbonyl (C=O) groups excluding carboxylic acids is 2. The molecule has 1 aromatic rings. The fourth-order valence-electron chi connectivity index (χ4n) is 2.50. The average molecular weight is 300 g/mol. The van der Waals surface area contributed by atoms with Crippen molar-refractivity contribution in [1.29, 1.82) is 0 Å². The van der Waals surface area contributed by atoms with Gasteiger partial charge in [-0.1, -0.05) is 44.2 Å². The first-order valence-corrected chi connectivity index (χ1v) is 7.96. The second-order valence-electron chi connectivity index (χ2n) is 5.75. The number of nitrogens with zero attached hydrogens (tertiary/aromatic N) is 1. The van der Waals surface area contributed by atoms with Gasteiger partial charge in [-0.05, 0) is 30.9 Å². The third-order valence-electron chi connectivity index (χ3n) is 4.12. The molecule has 1 N–H and O–H groups in total. The predicted octanol–water partition coefficient (Wildman–Crippen LogP) is 2.81. The molecule has 1 saturated heterocycles. The Balaban J connectivity index is 1.96. The van der Waals surface area contributed by atoms with Crippen LogP contribution < -0.4 is 5.32 Å². The zero-order valence-electron chi connectivity index (χ0n) is 13.3. The molecule has 1 aromatic carbocycles. The minimum absolute atomic E-state index is 0.0163. The molecule has 0 aliphatic carbocycles. The smallest absolute Gasteiger partial charge is 0.248 e. The monoisotopic (exact) mass is 300 g/mol. The Morgan fingerprint density at radius 2 is 2.09 bits per heavy atom. The van der Waals surface area contributed by atoms with Crippen LogP contribution in [0.2, 0.25) is 0 Å². The van der Waals surface area contributed by atoms with E-state index < -0.39 is 0 Å². The maximum atomic E-state index is 12.3. The fraction of sp³-hybridized carbons (Fsp3) is 0.444. The molecule has 2 rings (SSSR count). The Labute approximate surface area is 132 Å². The molecule has 1 aliphatic rings. The molecular formula is C18H24N2O2. The van der Waals surface area contributed by atoms with Crippen molar-refractivity contribution in [2.24, 2.45) is 5.92 Å². The lowest BCUT2D eigenvalue weighted by atomic mass is 10.1. The molecule has 1 aliphatic heterocycles. The van der Waals surface area contributed by atoms with Crippen LogP contribution in [0, 0.1) is 5.92 Å². The third kappa shape index (κ3) is 4.20. The van der Waals surface area contributed by atoms with Crippen molar-refractivity contribution < 1.29 is 9.59 Å². The van der Waals surface area contributed by atoms with E-state index >= 15 is 0 Å². The summed E-state index contributed by atoms with van der Waals surface area (Å²) in [6.07, 6.45) is 5.79. The highest BCUT2D eigenvalue weighted by atomic mass is 16.2. The van der Waals surface area contributed by atoms with Crippen LogP contribution in [-0.4, -0.2) is 29.4 Å². The lowest BCUT2D eigenvalue weighted by Crippen LogP contribution is -2.47. The molecule has 0 unspecified atom stereocenters. The lowest BCUT2D eigenvalue weighted by molar-refractivity contribution is -0.131. The highest BCUT2D eigenvalue weighted by Gasteiger charge is 2.29. The molecule has 0 saturated carbocycles. The molecule has 22 heavy (non-hydrogen) atoms. The maximum Gasteiger partial charge on any atom is 0.248 e. The number of hydrogen-bond acceptors (Lipinski definition) is 2. The van der Waals surface area contributed by atoms with Crippen LogP contribution in [-0.2, 0) is 9.59 Å². The summed E-state index contributed by atoms with van der Waals surface area (Å²) < 4.78 is 0. The average Bonchev–Trinajstić information content (AvgIpc) is 3.00. The summed E-state index contributed by atoms with van der Waals surface area (Å²) >= 11 is 0. The van der Waals surface area contributed by atoms with Crippen LogP contribution >= 0.6 is 0 Å². The third-order valence-corrected chi connectivity index (χ3v) is 4.12. The quantitative estimate of drug-likeness (QED) is 0.850. The first kappa shape index (κ1) is 16.3. The predicted molar refractivity (Wildman–Crippen MR) is 87.8 cm³/mol. The molecule has 4 nitrogen and oxygen atoms in total. The molecule has 0 spiro atoms. The maximum absolute atomic E-state index is 12.3. The van der Waals surface area contributed by atoms with Crippen LogP contribution in [0.25, 0.3) is 6.08 Å².